The van der Waals surface area contributed by atoms with E-state index in [0.717, 1.165) is 25.1 Å². The van der Waals surface area contributed by atoms with Crippen molar-refractivity contribution in [3.05, 3.63) is 29.8 Å². The monoisotopic (exact) mass is 221 g/mol. The van der Waals surface area contributed by atoms with Gasteiger partial charge in [-0.05, 0) is 44.1 Å². The number of likely N-dealkylation sites (N-methyl/N-ethyl adjacent to an activating group) is 1. The number of hydrogen-bond acceptors (Lipinski definition) is 3. The molecule has 0 fully saturated rings. The molecule has 0 heterocycles. The van der Waals surface area contributed by atoms with Crippen molar-refractivity contribution < 1.29 is 4.79 Å². The second-order valence-corrected chi connectivity index (χ2v) is 4.05. The van der Waals surface area contributed by atoms with Gasteiger partial charge in [0.05, 0.1) is 6.54 Å². The van der Waals surface area contributed by atoms with Crippen molar-refractivity contribution in [3.63, 3.8) is 0 Å². The van der Waals surface area contributed by atoms with Gasteiger partial charge in [-0.1, -0.05) is 12.1 Å². The van der Waals surface area contributed by atoms with Gasteiger partial charge < -0.3 is 11.5 Å². The summed E-state index contributed by atoms with van der Waals surface area (Å²) in [6.07, 6.45) is 1.96. The summed E-state index contributed by atoms with van der Waals surface area (Å²) in [5, 5.41) is 0. The van der Waals surface area contributed by atoms with E-state index in [1.54, 1.807) is 0 Å². The lowest BCUT2D eigenvalue weighted by atomic mass is 10.1. The summed E-state index contributed by atoms with van der Waals surface area (Å²) in [6, 6.07) is 7.87. The van der Waals surface area contributed by atoms with Crippen LogP contribution in [0.3, 0.4) is 0 Å². The maximum Gasteiger partial charge on any atom is 0.231 e. The maximum atomic E-state index is 10.7. The van der Waals surface area contributed by atoms with E-state index in [1.165, 1.54) is 5.56 Å². The fourth-order valence-electron chi connectivity index (χ4n) is 1.65. The maximum absolute atomic E-state index is 10.7. The number of nitrogen functional groups attached to an aromatic ring is 1. The largest absolute Gasteiger partial charge is 0.399 e. The first-order chi connectivity index (χ1) is 7.58. The molecule has 0 saturated carbocycles. The Morgan fingerprint density at radius 2 is 2.19 bits per heavy atom. The molecule has 1 aromatic rings. The number of anilines is 1. The first kappa shape index (κ1) is 12.5. The van der Waals surface area contributed by atoms with Crippen molar-refractivity contribution in [3.8, 4) is 0 Å². The lowest BCUT2D eigenvalue weighted by Gasteiger charge is -2.13. The van der Waals surface area contributed by atoms with E-state index in [9.17, 15) is 4.79 Å². The molecule has 4 heteroatoms. The predicted octanol–water partition coefficient (Wildman–Crippen LogP) is 0.619. The predicted molar refractivity (Wildman–Crippen MR) is 65.9 cm³/mol. The Bertz CT molecular complexity index is 352. The molecule has 0 aliphatic rings. The zero-order valence-electron chi connectivity index (χ0n) is 9.65. The Morgan fingerprint density at radius 3 is 2.81 bits per heavy atom. The topological polar surface area (TPSA) is 72.3 Å². The van der Waals surface area contributed by atoms with Gasteiger partial charge in [0, 0.05) is 5.69 Å². The minimum atomic E-state index is -0.286. The first-order valence-electron chi connectivity index (χ1n) is 5.39. The number of primary amides is 1. The van der Waals surface area contributed by atoms with Crippen LogP contribution < -0.4 is 11.5 Å². The Balaban J connectivity index is 2.27. The van der Waals surface area contributed by atoms with Crippen LogP contribution in [0, 0.1) is 0 Å². The molecule has 0 unspecified atom stereocenters. The van der Waals surface area contributed by atoms with Crippen LogP contribution in [0.5, 0.6) is 0 Å². The van der Waals surface area contributed by atoms with Gasteiger partial charge in [0.1, 0.15) is 0 Å². The van der Waals surface area contributed by atoms with Gasteiger partial charge in [-0.15, -0.1) is 0 Å². The number of benzene rings is 1. The molecule has 0 bridgehead atoms. The molecule has 16 heavy (non-hydrogen) atoms. The quantitative estimate of drug-likeness (QED) is 0.692. The van der Waals surface area contributed by atoms with Gasteiger partial charge in [-0.3, -0.25) is 9.69 Å². The molecule has 0 atom stereocenters. The molecule has 0 aromatic heterocycles. The highest BCUT2D eigenvalue weighted by Crippen LogP contribution is 2.08. The fraction of sp³-hybridized carbons (Fsp3) is 0.417. The third-order valence-electron chi connectivity index (χ3n) is 2.38. The van der Waals surface area contributed by atoms with Gasteiger partial charge >= 0.3 is 0 Å². The number of rotatable bonds is 6. The molecular formula is C12H19N3O. The van der Waals surface area contributed by atoms with Crippen LogP contribution in [-0.4, -0.2) is 30.9 Å². The van der Waals surface area contributed by atoms with E-state index in [-0.39, 0.29) is 5.91 Å². The van der Waals surface area contributed by atoms with Crippen LogP contribution >= 0.6 is 0 Å². The Kier molecular flexibility index (Phi) is 4.79. The standard InChI is InChI=1S/C12H19N3O/c1-15(9-12(14)16)7-3-5-10-4-2-6-11(13)8-10/h2,4,6,8H,3,5,7,9,13H2,1H3,(H2,14,16). The second-order valence-electron chi connectivity index (χ2n) is 4.05. The van der Waals surface area contributed by atoms with E-state index in [4.69, 9.17) is 11.5 Å². The second kappa shape index (κ2) is 6.12. The van der Waals surface area contributed by atoms with Gasteiger partial charge in [-0.25, -0.2) is 0 Å². The number of nitrogens with zero attached hydrogens (tertiary/aromatic N) is 1. The van der Waals surface area contributed by atoms with Crippen molar-refractivity contribution in [2.75, 3.05) is 25.9 Å². The van der Waals surface area contributed by atoms with Gasteiger partial charge in [-0.2, -0.15) is 0 Å². The summed E-state index contributed by atoms with van der Waals surface area (Å²) in [6.45, 7) is 1.18. The molecule has 1 rings (SSSR count). The van der Waals surface area contributed by atoms with E-state index in [0.29, 0.717) is 6.54 Å². The SMILES string of the molecule is CN(CCCc1cccc(N)c1)CC(N)=O. The average Bonchev–Trinajstić information content (AvgIpc) is 2.16. The molecule has 0 spiro atoms. The van der Waals surface area contributed by atoms with Crippen molar-refractivity contribution in [2.45, 2.75) is 12.8 Å². The van der Waals surface area contributed by atoms with Crippen LogP contribution in [0.2, 0.25) is 0 Å². The van der Waals surface area contributed by atoms with Crippen molar-refractivity contribution in [2.24, 2.45) is 5.73 Å². The summed E-state index contributed by atoms with van der Waals surface area (Å²) in [5.74, 6) is -0.286. The molecule has 88 valence electrons. The van der Waals surface area contributed by atoms with Crippen LogP contribution in [-0.2, 0) is 11.2 Å². The lowest BCUT2D eigenvalue weighted by molar-refractivity contribution is -0.118. The third-order valence-corrected chi connectivity index (χ3v) is 2.38. The van der Waals surface area contributed by atoms with Crippen molar-refractivity contribution >= 4 is 11.6 Å². The number of carbonyl (C=O) groups is 1. The summed E-state index contributed by atoms with van der Waals surface area (Å²) in [4.78, 5) is 12.6. The smallest absolute Gasteiger partial charge is 0.231 e. The van der Waals surface area contributed by atoms with Crippen molar-refractivity contribution in [1.29, 1.82) is 0 Å². The molecular weight excluding hydrogens is 202 g/mol. The van der Waals surface area contributed by atoms with Gasteiger partial charge in [0.15, 0.2) is 0 Å². The summed E-state index contributed by atoms with van der Waals surface area (Å²) in [7, 11) is 1.89. The zero-order valence-corrected chi connectivity index (χ0v) is 9.65. The van der Waals surface area contributed by atoms with Crippen LogP contribution in [0.4, 0.5) is 5.69 Å². The highest BCUT2D eigenvalue weighted by Gasteiger charge is 2.02. The molecule has 0 saturated heterocycles. The molecule has 4 nitrogen and oxygen atoms in total. The number of aryl methyl sites for hydroxylation is 1. The molecule has 1 amide bonds. The Morgan fingerprint density at radius 1 is 1.44 bits per heavy atom. The minimum absolute atomic E-state index is 0.286. The lowest BCUT2D eigenvalue weighted by Crippen LogP contribution is -2.31. The van der Waals surface area contributed by atoms with Gasteiger partial charge in [0.2, 0.25) is 5.91 Å². The van der Waals surface area contributed by atoms with E-state index in [1.807, 2.05) is 30.1 Å². The zero-order chi connectivity index (χ0) is 12.0. The first-order valence-corrected chi connectivity index (χ1v) is 5.39. The fourth-order valence-corrected chi connectivity index (χ4v) is 1.65. The van der Waals surface area contributed by atoms with Gasteiger partial charge in [0.25, 0.3) is 0 Å². The molecule has 1 aromatic carbocycles. The number of nitrogens with two attached hydrogens (primary N) is 2. The minimum Gasteiger partial charge on any atom is -0.399 e. The molecule has 4 N–H and O–H groups in total. The van der Waals surface area contributed by atoms with E-state index in [2.05, 4.69) is 6.07 Å². The van der Waals surface area contributed by atoms with Crippen LogP contribution in [0.15, 0.2) is 24.3 Å². The summed E-state index contributed by atoms with van der Waals surface area (Å²) >= 11 is 0. The number of carbonyl (C=O) groups excluding carboxylic acids is 1. The number of hydrogen-bond donors (Lipinski definition) is 2. The number of amides is 1. The Hall–Kier alpha value is -1.55. The highest BCUT2D eigenvalue weighted by atomic mass is 16.1. The molecule has 0 aliphatic carbocycles. The third kappa shape index (κ3) is 4.79. The molecule has 0 radical (unpaired) electrons. The Labute approximate surface area is 96.2 Å². The van der Waals surface area contributed by atoms with Crippen LogP contribution in [0.1, 0.15) is 12.0 Å². The normalized spacial score (nSPS) is 10.6. The van der Waals surface area contributed by atoms with Crippen LogP contribution in [0.25, 0.3) is 0 Å². The van der Waals surface area contributed by atoms with Crippen molar-refractivity contribution in [1.82, 2.24) is 4.90 Å². The average molecular weight is 221 g/mol. The summed E-state index contributed by atoms with van der Waals surface area (Å²) < 4.78 is 0. The highest BCUT2D eigenvalue weighted by molar-refractivity contribution is 5.75. The summed E-state index contributed by atoms with van der Waals surface area (Å²) in [5.41, 5.74) is 12.8. The molecule has 0 aliphatic heterocycles. The van der Waals surface area contributed by atoms with E-state index < -0.39 is 0 Å². The van der Waals surface area contributed by atoms with E-state index >= 15 is 0 Å².